The molecule has 4 rings (SSSR count). The first kappa shape index (κ1) is 20.2. The van der Waals surface area contributed by atoms with Crippen molar-refractivity contribution >= 4 is 23.6 Å². The van der Waals surface area contributed by atoms with E-state index in [2.05, 4.69) is 0 Å². The number of nitrogens with zero attached hydrogens (tertiary/aromatic N) is 2. The lowest BCUT2D eigenvalue weighted by Crippen LogP contribution is -2.51. The first-order valence-electron chi connectivity index (χ1n) is 10.1. The van der Waals surface area contributed by atoms with Crippen molar-refractivity contribution < 1.29 is 9.59 Å². The van der Waals surface area contributed by atoms with Gasteiger partial charge in [0.05, 0.1) is 0 Å². The van der Waals surface area contributed by atoms with Crippen molar-refractivity contribution in [3.63, 3.8) is 0 Å². The average molecular weight is 417 g/mol. The van der Waals surface area contributed by atoms with Crippen LogP contribution in [-0.2, 0) is 4.79 Å². The molecule has 1 saturated heterocycles. The third kappa shape index (κ3) is 4.74. The van der Waals surface area contributed by atoms with E-state index < -0.39 is 0 Å². The molecule has 0 N–H and O–H groups in total. The van der Waals surface area contributed by atoms with Crippen molar-refractivity contribution in [1.29, 1.82) is 0 Å². The summed E-state index contributed by atoms with van der Waals surface area (Å²) >= 11 is 1.58. The molecule has 1 aliphatic rings. The van der Waals surface area contributed by atoms with E-state index in [1.54, 1.807) is 11.8 Å². The van der Waals surface area contributed by atoms with Gasteiger partial charge in [-0.3, -0.25) is 9.59 Å². The molecule has 30 heavy (non-hydrogen) atoms. The van der Waals surface area contributed by atoms with Gasteiger partial charge >= 0.3 is 0 Å². The summed E-state index contributed by atoms with van der Waals surface area (Å²) in [5.74, 6) is 0.128. The van der Waals surface area contributed by atoms with Crippen molar-refractivity contribution in [2.75, 3.05) is 26.2 Å². The summed E-state index contributed by atoms with van der Waals surface area (Å²) in [4.78, 5) is 30.9. The highest BCUT2D eigenvalue weighted by Gasteiger charge is 2.30. The molecule has 3 aromatic rings. The lowest BCUT2D eigenvalue weighted by Gasteiger charge is -2.36. The van der Waals surface area contributed by atoms with E-state index >= 15 is 0 Å². The summed E-state index contributed by atoms with van der Waals surface area (Å²) in [6, 6.07) is 29.3. The van der Waals surface area contributed by atoms with Gasteiger partial charge in [-0.05, 0) is 29.8 Å². The van der Waals surface area contributed by atoms with Crippen LogP contribution in [0.3, 0.4) is 0 Å². The fourth-order valence-corrected chi connectivity index (χ4v) is 4.71. The molecule has 5 heteroatoms. The Morgan fingerprint density at radius 3 is 1.77 bits per heavy atom. The first-order chi connectivity index (χ1) is 14.7. The SMILES string of the molecule is O=C(c1ccccc1)N1CCN(C(=O)[C@@H](Sc2ccccc2)c2ccccc2)CC1. The van der Waals surface area contributed by atoms with Gasteiger partial charge in [-0.25, -0.2) is 0 Å². The number of benzene rings is 3. The maximum absolute atomic E-state index is 13.5. The number of hydrogen-bond acceptors (Lipinski definition) is 3. The Balaban J connectivity index is 1.45. The largest absolute Gasteiger partial charge is 0.338 e. The third-order valence-corrected chi connectivity index (χ3v) is 6.48. The van der Waals surface area contributed by atoms with Gasteiger partial charge in [0.15, 0.2) is 0 Å². The highest BCUT2D eigenvalue weighted by atomic mass is 32.2. The minimum atomic E-state index is -0.301. The molecule has 0 bridgehead atoms. The fraction of sp³-hybridized carbons (Fsp3) is 0.200. The maximum atomic E-state index is 13.5. The Hall–Kier alpha value is -3.05. The van der Waals surface area contributed by atoms with Crippen LogP contribution in [0.15, 0.2) is 95.9 Å². The minimum Gasteiger partial charge on any atom is -0.338 e. The predicted octanol–water partition coefficient (Wildman–Crippen LogP) is 4.50. The number of piperazine rings is 1. The Kier molecular flexibility index (Phi) is 6.50. The van der Waals surface area contributed by atoms with Gasteiger partial charge in [-0.2, -0.15) is 0 Å². The first-order valence-corrected chi connectivity index (χ1v) is 11.0. The second-order valence-electron chi connectivity index (χ2n) is 7.21. The molecule has 1 atom stereocenters. The van der Waals surface area contributed by atoms with Crippen LogP contribution < -0.4 is 0 Å². The topological polar surface area (TPSA) is 40.6 Å². The summed E-state index contributed by atoms with van der Waals surface area (Å²) in [5, 5.41) is -0.301. The Bertz CT molecular complexity index is 972. The standard InChI is InChI=1S/C25H24N2O2S/c28-24(21-12-6-2-7-13-21)26-16-18-27(19-17-26)25(29)23(20-10-4-1-5-11-20)30-22-14-8-3-9-15-22/h1-15,23H,16-19H2/t23-/m0/s1. The quantitative estimate of drug-likeness (QED) is 0.575. The lowest BCUT2D eigenvalue weighted by atomic mass is 10.1. The van der Waals surface area contributed by atoms with Crippen LogP contribution in [-0.4, -0.2) is 47.8 Å². The molecule has 1 heterocycles. The highest BCUT2D eigenvalue weighted by molar-refractivity contribution is 8.00. The zero-order valence-corrected chi connectivity index (χ0v) is 17.5. The molecule has 0 radical (unpaired) electrons. The molecule has 4 nitrogen and oxygen atoms in total. The molecule has 1 aliphatic heterocycles. The van der Waals surface area contributed by atoms with Gasteiger partial charge < -0.3 is 9.80 Å². The minimum absolute atomic E-state index is 0.0287. The number of carbonyl (C=O) groups is 2. The molecular formula is C25H24N2O2S. The summed E-state index contributed by atoms with van der Waals surface area (Å²) in [6.07, 6.45) is 0. The molecule has 0 unspecified atom stereocenters. The van der Waals surface area contributed by atoms with Crippen molar-refractivity contribution in [2.24, 2.45) is 0 Å². The second kappa shape index (κ2) is 9.63. The number of carbonyl (C=O) groups excluding carboxylic acids is 2. The van der Waals surface area contributed by atoms with Crippen molar-refractivity contribution in [3.8, 4) is 0 Å². The van der Waals surface area contributed by atoms with Crippen LogP contribution in [0.2, 0.25) is 0 Å². The molecule has 1 fully saturated rings. The van der Waals surface area contributed by atoms with E-state index in [-0.39, 0.29) is 17.1 Å². The molecular weight excluding hydrogens is 392 g/mol. The van der Waals surface area contributed by atoms with Gasteiger partial charge in [0, 0.05) is 36.6 Å². The van der Waals surface area contributed by atoms with E-state index in [9.17, 15) is 9.59 Å². The highest BCUT2D eigenvalue weighted by Crippen LogP contribution is 2.36. The lowest BCUT2D eigenvalue weighted by molar-refractivity contribution is -0.132. The Morgan fingerprint density at radius 2 is 1.17 bits per heavy atom. The number of rotatable bonds is 5. The monoisotopic (exact) mass is 416 g/mol. The molecule has 0 spiro atoms. The van der Waals surface area contributed by atoms with Crippen LogP contribution in [0.25, 0.3) is 0 Å². The van der Waals surface area contributed by atoms with E-state index in [0.717, 1.165) is 10.5 Å². The molecule has 2 amide bonds. The predicted molar refractivity (Wildman–Crippen MR) is 120 cm³/mol. The van der Waals surface area contributed by atoms with Gasteiger partial charge in [0.1, 0.15) is 5.25 Å². The smallest absolute Gasteiger partial charge is 0.253 e. The Morgan fingerprint density at radius 1 is 0.667 bits per heavy atom. The van der Waals surface area contributed by atoms with Gasteiger partial charge in [-0.1, -0.05) is 66.7 Å². The van der Waals surface area contributed by atoms with E-state index in [1.807, 2.05) is 101 Å². The van der Waals surface area contributed by atoms with Crippen LogP contribution in [0.4, 0.5) is 0 Å². The summed E-state index contributed by atoms with van der Waals surface area (Å²) < 4.78 is 0. The molecule has 0 saturated carbocycles. The molecule has 0 aromatic heterocycles. The normalized spacial score (nSPS) is 14.9. The zero-order chi connectivity index (χ0) is 20.8. The number of amides is 2. The summed E-state index contributed by atoms with van der Waals surface area (Å²) in [7, 11) is 0. The van der Waals surface area contributed by atoms with Gasteiger partial charge in [0.2, 0.25) is 5.91 Å². The van der Waals surface area contributed by atoms with Crippen LogP contribution in [0, 0.1) is 0 Å². The Labute approximate surface area is 181 Å². The van der Waals surface area contributed by atoms with Crippen molar-refractivity contribution in [1.82, 2.24) is 9.80 Å². The van der Waals surface area contributed by atoms with Crippen LogP contribution in [0.1, 0.15) is 21.2 Å². The van der Waals surface area contributed by atoms with Crippen LogP contribution in [0.5, 0.6) is 0 Å². The van der Waals surface area contributed by atoms with Crippen LogP contribution >= 0.6 is 11.8 Å². The van der Waals surface area contributed by atoms with Crippen molar-refractivity contribution in [3.05, 3.63) is 102 Å². The zero-order valence-electron chi connectivity index (χ0n) is 16.7. The summed E-state index contributed by atoms with van der Waals surface area (Å²) in [5.41, 5.74) is 1.69. The number of thioether (sulfide) groups is 1. The van der Waals surface area contributed by atoms with E-state index in [4.69, 9.17) is 0 Å². The van der Waals surface area contributed by atoms with E-state index in [0.29, 0.717) is 31.7 Å². The molecule has 3 aromatic carbocycles. The fourth-order valence-electron chi connectivity index (χ4n) is 3.58. The third-order valence-electron chi connectivity index (χ3n) is 5.22. The molecule has 0 aliphatic carbocycles. The average Bonchev–Trinajstić information content (AvgIpc) is 2.83. The summed E-state index contributed by atoms with van der Waals surface area (Å²) in [6.45, 7) is 2.21. The molecule has 152 valence electrons. The van der Waals surface area contributed by atoms with Gasteiger partial charge in [0.25, 0.3) is 5.91 Å². The van der Waals surface area contributed by atoms with Gasteiger partial charge in [-0.15, -0.1) is 11.8 Å². The van der Waals surface area contributed by atoms with Crippen molar-refractivity contribution in [2.45, 2.75) is 10.1 Å². The van der Waals surface area contributed by atoms with E-state index in [1.165, 1.54) is 0 Å². The maximum Gasteiger partial charge on any atom is 0.253 e. The second-order valence-corrected chi connectivity index (χ2v) is 8.38. The number of hydrogen-bond donors (Lipinski definition) is 0.